The van der Waals surface area contributed by atoms with Crippen LogP contribution in [0.25, 0.3) is 0 Å². The molecule has 1 aromatic heterocycles. The standard InChI is InChI=1S/C23H25Cl2N5O5S2/c1-15-13-16(2)27-23(26-15)29-37(34,35)19-9-7-18(8-10-19)28-22(31)5-4-12-30(36(3,32)33)21-14-17(24)6-11-20(21)25/h6-11,13-14H,4-5,12H2,1-3H3,(H,28,31)(H,26,27,29). The molecule has 0 aliphatic rings. The van der Waals surface area contributed by atoms with Gasteiger partial charge in [0.05, 0.1) is 21.9 Å². The minimum absolute atomic E-state index is 0.00960. The van der Waals surface area contributed by atoms with Crippen molar-refractivity contribution in [1.29, 1.82) is 0 Å². The van der Waals surface area contributed by atoms with E-state index in [0.29, 0.717) is 22.1 Å². The summed E-state index contributed by atoms with van der Waals surface area (Å²) in [5, 5.41) is 3.21. The highest BCUT2D eigenvalue weighted by Crippen LogP contribution is 2.31. The zero-order valence-electron chi connectivity index (χ0n) is 20.2. The summed E-state index contributed by atoms with van der Waals surface area (Å²) in [5.41, 5.74) is 1.86. The lowest BCUT2D eigenvalue weighted by atomic mass is 10.2. The van der Waals surface area contributed by atoms with Gasteiger partial charge < -0.3 is 5.32 Å². The monoisotopic (exact) mass is 585 g/mol. The number of sulfonamides is 2. The Bertz CT molecular complexity index is 1490. The van der Waals surface area contributed by atoms with E-state index in [0.717, 1.165) is 10.6 Å². The molecule has 0 spiro atoms. The number of hydrogen-bond donors (Lipinski definition) is 2. The first-order valence-electron chi connectivity index (χ1n) is 10.9. The zero-order chi connectivity index (χ0) is 27.4. The minimum Gasteiger partial charge on any atom is -0.326 e. The number of anilines is 3. The maximum atomic E-state index is 12.7. The second-order valence-corrected chi connectivity index (χ2v) is 12.6. The minimum atomic E-state index is -3.93. The Morgan fingerprint density at radius 3 is 2.16 bits per heavy atom. The number of carbonyl (C=O) groups excluding carboxylic acids is 1. The van der Waals surface area contributed by atoms with Crippen LogP contribution < -0.4 is 14.3 Å². The van der Waals surface area contributed by atoms with Crippen molar-refractivity contribution in [2.45, 2.75) is 31.6 Å². The Kier molecular flexibility index (Phi) is 9.00. The van der Waals surface area contributed by atoms with Crippen molar-refractivity contribution < 1.29 is 21.6 Å². The van der Waals surface area contributed by atoms with Gasteiger partial charge in [-0.15, -0.1) is 0 Å². The van der Waals surface area contributed by atoms with E-state index in [-0.39, 0.29) is 46.8 Å². The molecule has 0 unspecified atom stereocenters. The summed E-state index contributed by atoms with van der Waals surface area (Å²) in [4.78, 5) is 20.5. The van der Waals surface area contributed by atoms with Gasteiger partial charge in [0.15, 0.2) is 0 Å². The molecule has 3 rings (SSSR count). The number of nitrogens with one attached hydrogen (secondary N) is 2. The molecule has 0 aliphatic carbocycles. The van der Waals surface area contributed by atoms with E-state index in [1.165, 1.54) is 36.4 Å². The van der Waals surface area contributed by atoms with Gasteiger partial charge in [-0.2, -0.15) is 0 Å². The smallest absolute Gasteiger partial charge is 0.264 e. The third-order valence-corrected chi connectivity index (χ3v) is 8.08. The fraction of sp³-hybridized carbons (Fsp3) is 0.261. The van der Waals surface area contributed by atoms with Crippen molar-refractivity contribution in [3.05, 3.63) is 70.0 Å². The maximum absolute atomic E-state index is 12.7. The molecule has 37 heavy (non-hydrogen) atoms. The normalized spacial score (nSPS) is 11.7. The zero-order valence-corrected chi connectivity index (χ0v) is 23.3. The van der Waals surface area contributed by atoms with Gasteiger partial charge in [-0.25, -0.2) is 31.5 Å². The molecule has 0 radical (unpaired) electrons. The molecular formula is C23H25Cl2N5O5S2. The van der Waals surface area contributed by atoms with Crippen LogP contribution in [0.15, 0.2) is 53.4 Å². The van der Waals surface area contributed by atoms with Gasteiger partial charge in [-0.3, -0.25) is 9.10 Å². The first-order chi connectivity index (χ1) is 17.2. The van der Waals surface area contributed by atoms with Crippen LogP contribution >= 0.6 is 23.2 Å². The molecule has 0 saturated carbocycles. The molecule has 0 atom stereocenters. The summed E-state index contributed by atoms with van der Waals surface area (Å²) in [5.74, 6) is -0.403. The van der Waals surface area contributed by atoms with Crippen molar-refractivity contribution in [2.24, 2.45) is 0 Å². The van der Waals surface area contributed by atoms with Crippen molar-refractivity contribution in [1.82, 2.24) is 9.97 Å². The third-order valence-electron chi connectivity index (χ3n) is 5.00. The van der Waals surface area contributed by atoms with Gasteiger partial charge in [-0.05, 0) is 68.8 Å². The van der Waals surface area contributed by atoms with Gasteiger partial charge in [0.2, 0.25) is 21.9 Å². The summed E-state index contributed by atoms with van der Waals surface area (Å²) in [6.07, 6.45) is 1.25. The largest absolute Gasteiger partial charge is 0.326 e. The average molecular weight is 587 g/mol. The average Bonchev–Trinajstić information content (AvgIpc) is 2.77. The fourth-order valence-corrected chi connectivity index (χ4v) is 5.77. The van der Waals surface area contributed by atoms with Gasteiger partial charge >= 0.3 is 0 Å². The van der Waals surface area contributed by atoms with Crippen molar-refractivity contribution in [3.8, 4) is 0 Å². The molecule has 198 valence electrons. The first-order valence-corrected chi connectivity index (χ1v) is 15.0. The van der Waals surface area contributed by atoms with Gasteiger partial charge in [-0.1, -0.05) is 23.2 Å². The van der Waals surface area contributed by atoms with E-state index >= 15 is 0 Å². The fourth-order valence-electron chi connectivity index (χ4n) is 3.42. The summed E-state index contributed by atoms with van der Waals surface area (Å²) in [6, 6.07) is 11.8. The summed E-state index contributed by atoms with van der Waals surface area (Å²) in [7, 11) is -7.61. The molecule has 1 heterocycles. The topological polar surface area (TPSA) is 138 Å². The van der Waals surface area contributed by atoms with Crippen LogP contribution in [0.5, 0.6) is 0 Å². The quantitative estimate of drug-likeness (QED) is 0.359. The molecule has 14 heteroatoms. The highest BCUT2D eigenvalue weighted by molar-refractivity contribution is 7.92. The van der Waals surface area contributed by atoms with Crippen LogP contribution in [-0.2, 0) is 24.8 Å². The SMILES string of the molecule is Cc1cc(C)nc(NS(=O)(=O)c2ccc(NC(=O)CCCN(c3cc(Cl)ccc3Cl)S(C)(=O)=O)cc2)n1. The van der Waals surface area contributed by atoms with E-state index in [4.69, 9.17) is 23.2 Å². The molecule has 0 saturated heterocycles. The molecule has 1 amide bonds. The first kappa shape index (κ1) is 28.6. The van der Waals surface area contributed by atoms with E-state index in [9.17, 15) is 21.6 Å². The Morgan fingerprint density at radius 2 is 1.57 bits per heavy atom. The van der Waals surface area contributed by atoms with Crippen molar-refractivity contribution >= 4 is 66.5 Å². The Morgan fingerprint density at radius 1 is 0.946 bits per heavy atom. The number of aryl methyl sites for hydroxylation is 2. The Labute approximate surface area is 226 Å². The number of hydrogen-bond acceptors (Lipinski definition) is 7. The number of carbonyl (C=O) groups is 1. The van der Waals surface area contributed by atoms with Crippen LogP contribution in [0.2, 0.25) is 10.0 Å². The molecule has 0 bridgehead atoms. The lowest BCUT2D eigenvalue weighted by Gasteiger charge is -2.23. The maximum Gasteiger partial charge on any atom is 0.264 e. The number of halogens is 2. The summed E-state index contributed by atoms with van der Waals surface area (Å²) < 4.78 is 53.3. The second-order valence-electron chi connectivity index (χ2n) is 8.19. The second kappa shape index (κ2) is 11.6. The van der Waals surface area contributed by atoms with Gasteiger partial charge in [0, 0.05) is 35.1 Å². The number of benzene rings is 2. The predicted molar refractivity (Wildman–Crippen MR) is 145 cm³/mol. The van der Waals surface area contributed by atoms with Crippen LogP contribution in [-0.4, -0.2) is 45.5 Å². The third kappa shape index (κ3) is 8.03. The van der Waals surface area contributed by atoms with E-state index < -0.39 is 20.0 Å². The Hall–Kier alpha value is -2.93. The number of aromatic nitrogens is 2. The number of rotatable bonds is 10. The molecular weight excluding hydrogens is 561 g/mol. The number of amides is 1. The lowest BCUT2D eigenvalue weighted by Crippen LogP contribution is -2.31. The van der Waals surface area contributed by atoms with Crippen molar-refractivity contribution in [2.75, 3.05) is 27.1 Å². The number of nitrogens with zero attached hydrogens (tertiary/aromatic N) is 3. The van der Waals surface area contributed by atoms with E-state index in [1.54, 1.807) is 26.0 Å². The van der Waals surface area contributed by atoms with Gasteiger partial charge in [0.25, 0.3) is 10.0 Å². The van der Waals surface area contributed by atoms with Crippen LogP contribution in [0.1, 0.15) is 24.2 Å². The van der Waals surface area contributed by atoms with Gasteiger partial charge in [0.1, 0.15) is 0 Å². The predicted octanol–water partition coefficient (Wildman–Crippen LogP) is 4.39. The lowest BCUT2D eigenvalue weighted by molar-refractivity contribution is -0.116. The van der Waals surface area contributed by atoms with E-state index in [1.807, 2.05) is 0 Å². The highest BCUT2D eigenvalue weighted by Gasteiger charge is 2.21. The van der Waals surface area contributed by atoms with Crippen LogP contribution in [0.3, 0.4) is 0 Å². The molecule has 0 fully saturated rings. The Balaban J connectivity index is 1.60. The molecule has 0 aliphatic heterocycles. The van der Waals surface area contributed by atoms with E-state index in [2.05, 4.69) is 20.0 Å². The molecule has 2 aromatic carbocycles. The summed E-state index contributed by atoms with van der Waals surface area (Å²) in [6.45, 7) is 3.47. The molecule has 3 aromatic rings. The molecule has 10 nitrogen and oxygen atoms in total. The van der Waals surface area contributed by atoms with Crippen LogP contribution in [0, 0.1) is 13.8 Å². The highest BCUT2D eigenvalue weighted by atomic mass is 35.5. The summed E-state index contributed by atoms with van der Waals surface area (Å²) >= 11 is 12.1. The van der Waals surface area contributed by atoms with Crippen LogP contribution in [0.4, 0.5) is 17.3 Å². The molecule has 2 N–H and O–H groups in total. The van der Waals surface area contributed by atoms with Crippen molar-refractivity contribution in [3.63, 3.8) is 0 Å².